The van der Waals surface area contributed by atoms with E-state index in [1.807, 2.05) is 0 Å². The molecule has 0 unspecified atom stereocenters. The van der Waals surface area contributed by atoms with Crippen molar-refractivity contribution >= 4 is 33.0 Å². The zero-order valence-electron chi connectivity index (χ0n) is 16.5. The fourth-order valence-electron chi connectivity index (χ4n) is 2.75. The maximum Gasteiger partial charge on any atom is 0.274 e. The van der Waals surface area contributed by atoms with Crippen molar-refractivity contribution in [2.24, 2.45) is 0 Å². The van der Waals surface area contributed by atoms with E-state index >= 15 is 0 Å². The molecule has 0 spiro atoms. The number of sulfonamides is 1. The number of nitro groups is 1. The highest BCUT2D eigenvalue weighted by molar-refractivity contribution is 7.89. The predicted octanol–water partition coefficient (Wildman–Crippen LogP) is 2.40. The van der Waals surface area contributed by atoms with Crippen LogP contribution in [0.1, 0.15) is 18.4 Å². The predicted molar refractivity (Wildman–Crippen MR) is 111 cm³/mol. The third kappa shape index (κ3) is 5.24. The first-order valence-electron chi connectivity index (χ1n) is 9.19. The van der Waals surface area contributed by atoms with Crippen molar-refractivity contribution in [2.45, 2.75) is 30.7 Å². The molecule has 0 bridgehead atoms. The number of ether oxygens (including phenoxy) is 1. The Bertz CT molecular complexity index is 1080. The molecule has 3 N–H and O–H groups in total. The van der Waals surface area contributed by atoms with Gasteiger partial charge in [-0.05, 0) is 44.0 Å². The summed E-state index contributed by atoms with van der Waals surface area (Å²) in [6.07, 6.45) is 1.63. The number of methoxy groups -OCH3 is 1. The maximum atomic E-state index is 12.4. The molecular formula is C19H22N4O6S. The van der Waals surface area contributed by atoms with Gasteiger partial charge in [0.2, 0.25) is 15.9 Å². The van der Waals surface area contributed by atoms with Gasteiger partial charge < -0.3 is 15.4 Å². The van der Waals surface area contributed by atoms with Gasteiger partial charge in [-0.1, -0.05) is 6.07 Å². The third-order valence-corrected chi connectivity index (χ3v) is 6.03. The molecule has 0 atom stereocenters. The molecule has 0 aromatic heterocycles. The van der Waals surface area contributed by atoms with Gasteiger partial charge in [0.05, 0.1) is 29.2 Å². The number of nitro benzene ring substituents is 1. The van der Waals surface area contributed by atoms with Crippen LogP contribution < -0.4 is 20.1 Å². The van der Waals surface area contributed by atoms with Gasteiger partial charge in [0, 0.05) is 23.4 Å². The Morgan fingerprint density at radius 1 is 1.23 bits per heavy atom. The van der Waals surface area contributed by atoms with Crippen molar-refractivity contribution in [3.05, 3.63) is 52.1 Å². The van der Waals surface area contributed by atoms with Crippen molar-refractivity contribution in [2.75, 3.05) is 24.3 Å². The summed E-state index contributed by atoms with van der Waals surface area (Å²) in [5.41, 5.74) is 1.01. The Morgan fingerprint density at radius 3 is 2.60 bits per heavy atom. The van der Waals surface area contributed by atoms with Crippen LogP contribution in [0.3, 0.4) is 0 Å². The topological polar surface area (TPSA) is 140 Å². The van der Waals surface area contributed by atoms with Gasteiger partial charge in [0.1, 0.15) is 5.75 Å². The smallest absolute Gasteiger partial charge is 0.274 e. The summed E-state index contributed by atoms with van der Waals surface area (Å²) in [5.74, 6) is -0.0845. The number of rotatable bonds is 9. The van der Waals surface area contributed by atoms with Crippen LogP contribution in [-0.4, -0.2) is 38.9 Å². The van der Waals surface area contributed by atoms with Gasteiger partial charge in [0.25, 0.3) is 5.69 Å². The Kier molecular flexibility index (Phi) is 6.22. The highest BCUT2D eigenvalue weighted by Gasteiger charge is 2.28. The molecule has 1 saturated carbocycles. The molecule has 0 radical (unpaired) electrons. The van der Waals surface area contributed by atoms with Gasteiger partial charge in [-0.15, -0.1) is 0 Å². The average molecular weight is 434 g/mol. The van der Waals surface area contributed by atoms with Gasteiger partial charge in [-0.25, -0.2) is 13.1 Å². The fourth-order valence-corrected chi connectivity index (χ4v) is 4.08. The molecule has 1 aliphatic carbocycles. The minimum absolute atomic E-state index is 0.0298. The van der Waals surface area contributed by atoms with E-state index in [4.69, 9.17) is 4.74 Å². The molecule has 1 fully saturated rings. The number of carbonyl (C=O) groups is 1. The number of hydrogen-bond acceptors (Lipinski definition) is 7. The highest BCUT2D eigenvalue weighted by atomic mass is 32.2. The second kappa shape index (κ2) is 8.67. The Labute approximate surface area is 173 Å². The Hall–Kier alpha value is -3.18. The molecule has 10 nitrogen and oxygen atoms in total. The number of amides is 1. The average Bonchev–Trinajstić information content (AvgIpc) is 3.50. The van der Waals surface area contributed by atoms with Gasteiger partial charge in [0.15, 0.2) is 0 Å². The van der Waals surface area contributed by atoms with E-state index in [1.165, 1.54) is 31.4 Å². The minimum Gasteiger partial charge on any atom is -0.495 e. The van der Waals surface area contributed by atoms with E-state index in [1.54, 1.807) is 19.1 Å². The van der Waals surface area contributed by atoms with Gasteiger partial charge in [-0.3, -0.25) is 14.9 Å². The number of nitrogens with one attached hydrogen (secondary N) is 3. The zero-order valence-corrected chi connectivity index (χ0v) is 17.3. The zero-order chi connectivity index (χ0) is 21.9. The van der Waals surface area contributed by atoms with E-state index in [2.05, 4.69) is 15.4 Å². The van der Waals surface area contributed by atoms with Crippen LogP contribution in [0.2, 0.25) is 0 Å². The first-order chi connectivity index (χ1) is 14.2. The lowest BCUT2D eigenvalue weighted by atomic mass is 10.2. The quantitative estimate of drug-likeness (QED) is 0.407. The molecule has 0 saturated heterocycles. The van der Waals surface area contributed by atoms with Crippen molar-refractivity contribution in [3.63, 3.8) is 0 Å². The molecule has 11 heteroatoms. The number of nitrogens with zero attached hydrogens (tertiary/aromatic N) is 1. The summed E-state index contributed by atoms with van der Waals surface area (Å²) in [4.78, 5) is 22.9. The second-order valence-corrected chi connectivity index (χ2v) is 8.63. The van der Waals surface area contributed by atoms with E-state index in [-0.39, 0.29) is 28.9 Å². The molecule has 30 heavy (non-hydrogen) atoms. The van der Waals surface area contributed by atoms with E-state index in [0.29, 0.717) is 17.0 Å². The minimum atomic E-state index is -3.66. The van der Waals surface area contributed by atoms with Crippen LogP contribution in [0.5, 0.6) is 5.75 Å². The van der Waals surface area contributed by atoms with E-state index in [9.17, 15) is 23.3 Å². The van der Waals surface area contributed by atoms with Crippen molar-refractivity contribution in [1.29, 1.82) is 0 Å². The summed E-state index contributed by atoms with van der Waals surface area (Å²) in [7, 11) is -2.23. The lowest BCUT2D eigenvalue weighted by Gasteiger charge is -2.14. The normalized spacial score (nSPS) is 13.5. The van der Waals surface area contributed by atoms with E-state index < -0.39 is 20.9 Å². The lowest BCUT2D eigenvalue weighted by Crippen LogP contribution is -2.26. The Morgan fingerprint density at radius 2 is 1.97 bits per heavy atom. The molecular weight excluding hydrogens is 412 g/mol. The second-order valence-electron chi connectivity index (χ2n) is 6.92. The largest absolute Gasteiger partial charge is 0.495 e. The molecule has 3 rings (SSSR count). The van der Waals surface area contributed by atoms with Crippen LogP contribution in [0.4, 0.5) is 17.1 Å². The van der Waals surface area contributed by atoms with Crippen molar-refractivity contribution in [1.82, 2.24) is 4.72 Å². The standard InChI is InChI=1S/C19H22N4O6S/c1-12-3-4-14(9-17(12)23(25)26)21-19(24)11-20-16-10-15(7-8-18(16)29-2)30(27,28)22-13-5-6-13/h3-4,7-10,13,20,22H,5-6,11H2,1-2H3,(H,21,24). The van der Waals surface area contributed by atoms with Crippen LogP contribution in [0, 0.1) is 17.0 Å². The monoisotopic (exact) mass is 434 g/mol. The number of anilines is 2. The van der Waals surface area contributed by atoms with Crippen LogP contribution in [0.25, 0.3) is 0 Å². The summed E-state index contributed by atoms with van der Waals surface area (Å²) in [6.45, 7) is 1.41. The van der Waals surface area contributed by atoms with Crippen molar-refractivity contribution < 1.29 is 22.9 Å². The molecule has 160 valence electrons. The number of hydrogen-bond donors (Lipinski definition) is 3. The first kappa shape index (κ1) is 21.5. The number of aryl methyl sites for hydroxylation is 1. The summed E-state index contributed by atoms with van der Waals surface area (Å²) >= 11 is 0. The van der Waals surface area contributed by atoms with E-state index in [0.717, 1.165) is 12.8 Å². The molecule has 2 aromatic rings. The summed E-state index contributed by atoms with van der Waals surface area (Å²) in [5, 5.41) is 16.5. The SMILES string of the molecule is COc1ccc(S(=O)(=O)NC2CC2)cc1NCC(=O)Nc1ccc(C)c([N+](=O)[O-])c1. The van der Waals surface area contributed by atoms with Crippen LogP contribution >= 0.6 is 0 Å². The van der Waals surface area contributed by atoms with Crippen LogP contribution in [0.15, 0.2) is 41.3 Å². The molecule has 2 aromatic carbocycles. The maximum absolute atomic E-state index is 12.4. The number of carbonyl (C=O) groups excluding carboxylic acids is 1. The van der Waals surface area contributed by atoms with Crippen LogP contribution in [-0.2, 0) is 14.8 Å². The molecule has 0 aliphatic heterocycles. The third-order valence-electron chi connectivity index (χ3n) is 4.51. The molecule has 0 heterocycles. The lowest BCUT2D eigenvalue weighted by molar-refractivity contribution is -0.385. The van der Waals surface area contributed by atoms with Crippen molar-refractivity contribution in [3.8, 4) is 5.75 Å². The van der Waals surface area contributed by atoms with Gasteiger partial charge in [-0.2, -0.15) is 0 Å². The van der Waals surface area contributed by atoms with Gasteiger partial charge >= 0.3 is 0 Å². The number of benzene rings is 2. The summed E-state index contributed by atoms with van der Waals surface area (Å²) < 4.78 is 32.7. The highest BCUT2D eigenvalue weighted by Crippen LogP contribution is 2.29. The molecule has 1 aliphatic rings. The summed E-state index contributed by atoms with van der Waals surface area (Å²) in [6, 6.07) is 8.70. The fraction of sp³-hybridized carbons (Fsp3) is 0.316. The first-order valence-corrected chi connectivity index (χ1v) is 10.7. The Balaban J connectivity index is 1.70. The molecule has 1 amide bonds.